The van der Waals surface area contributed by atoms with Crippen LogP contribution in [0, 0.1) is 0 Å². The van der Waals surface area contributed by atoms with Crippen molar-refractivity contribution < 1.29 is 19.0 Å². The predicted octanol–water partition coefficient (Wildman–Crippen LogP) is 4.31. The molecule has 1 unspecified atom stereocenters. The lowest BCUT2D eigenvalue weighted by Crippen LogP contribution is -2.09. The number of anilines is 1. The summed E-state index contributed by atoms with van der Waals surface area (Å²) >= 11 is 1.24. The number of aromatic nitrogens is 1. The number of thioether (sulfide) groups is 1. The summed E-state index contributed by atoms with van der Waals surface area (Å²) in [5.41, 5.74) is 2.97. The molecule has 1 aromatic heterocycles. The Bertz CT molecular complexity index is 825. The SMILES string of the molecule is CNc1cccc(COC(=O)C[C@@H](C)c2ccnc(SCP(C)(=O)O)c2)c1. The van der Waals surface area contributed by atoms with Crippen LogP contribution in [0.4, 0.5) is 5.69 Å². The van der Waals surface area contributed by atoms with Gasteiger partial charge in [-0.1, -0.05) is 30.8 Å². The van der Waals surface area contributed by atoms with Crippen LogP contribution in [0.3, 0.4) is 0 Å². The van der Waals surface area contributed by atoms with Crippen molar-refractivity contribution in [1.82, 2.24) is 4.98 Å². The Morgan fingerprint density at radius 1 is 1.37 bits per heavy atom. The Morgan fingerprint density at radius 2 is 2.15 bits per heavy atom. The molecule has 2 aromatic rings. The molecule has 1 aromatic carbocycles. The standard InChI is InChI=1S/C19H25N2O4PS/c1-14(16-7-8-21-18(11-16)27-13-26(3,23)24)9-19(22)25-12-15-5-4-6-17(10-15)20-2/h4-8,10-11,14,20H,9,12-13H2,1-3H3,(H,23,24)/t14-/m1/s1. The largest absolute Gasteiger partial charge is 0.461 e. The molecule has 8 heteroatoms. The molecule has 0 bridgehead atoms. The number of nitrogens with one attached hydrogen (secondary N) is 1. The number of benzene rings is 1. The van der Waals surface area contributed by atoms with Gasteiger partial charge in [0.1, 0.15) is 6.61 Å². The molecule has 0 fully saturated rings. The zero-order valence-electron chi connectivity index (χ0n) is 15.7. The lowest BCUT2D eigenvalue weighted by Gasteiger charge is -2.13. The Hall–Kier alpha value is -1.82. The minimum absolute atomic E-state index is 0.0361. The average molecular weight is 408 g/mol. The van der Waals surface area contributed by atoms with E-state index in [0.717, 1.165) is 16.8 Å². The molecular formula is C19H25N2O4PS. The first-order valence-corrected chi connectivity index (χ1v) is 11.8. The van der Waals surface area contributed by atoms with Crippen LogP contribution in [-0.4, -0.2) is 35.1 Å². The molecule has 27 heavy (non-hydrogen) atoms. The van der Waals surface area contributed by atoms with Gasteiger partial charge in [-0.2, -0.15) is 0 Å². The van der Waals surface area contributed by atoms with E-state index < -0.39 is 7.37 Å². The van der Waals surface area contributed by atoms with Gasteiger partial charge in [-0.3, -0.25) is 9.36 Å². The zero-order valence-corrected chi connectivity index (χ0v) is 17.4. The highest BCUT2D eigenvalue weighted by molar-refractivity contribution is 8.04. The van der Waals surface area contributed by atoms with Crippen molar-refractivity contribution in [3.63, 3.8) is 0 Å². The Morgan fingerprint density at radius 3 is 2.85 bits per heavy atom. The van der Waals surface area contributed by atoms with Crippen molar-refractivity contribution in [3.8, 4) is 0 Å². The second kappa shape index (κ2) is 9.93. The summed E-state index contributed by atoms with van der Waals surface area (Å²) in [6.07, 6.45) is 1.91. The first-order valence-electron chi connectivity index (χ1n) is 8.57. The second-order valence-electron chi connectivity index (χ2n) is 6.47. The Kier molecular flexibility index (Phi) is 7.90. The number of carbonyl (C=O) groups excluding carboxylic acids is 1. The second-order valence-corrected chi connectivity index (χ2v) is 10.3. The average Bonchev–Trinajstić information content (AvgIpc) is 2.64. The molecule has 0 radical (unpaired) electrons. The molecule has 0 aliphatic heterocycles. The van der Waals surface area contributed by atoms with Gasteiger partial charge < -0.3 is 14.9 Å². The van der Waals surface area contributed by atoms with Gasteiger partial charge in [0.15, 0.2) is 0 Å². The molecule has 1 heterocycles. The van der Waals surface area contributed by atoms with Crippen LogP contribution in [0.15, 0.2) is 47.6 Å². The number of hydrogen-bond acceptors (Lipinski definition) is 6. The molecule has 6 nitrogen and oxygen atoms in total. The minimum Gasteiger partial charge on any atom is -0.461 e. The van der Waals surface area contributed by atoms with Crippen molar-refractivity contribution in [3.05, 3.63) is 53.7 Å². The molecule has 2 rings (SSSR count). The van der Waals surface area contributed by atoms with Gasteiger partial charge in [-0.15, -0.1) is 0 Å². The number of nitrogens with zero attached hydrogens (tertiary/aromatic N) is 1. The molecule has 0 aliphatic carbocycles. The van der Waals surface area contributed by atoms with E-state index in [-0.39, 0.29) is 30.4 Å². The molecule has 2 atom stereocenters. The molecule has 0 saturated carbocycles. The van der Waals surface area contributed by atoms with Crippen LogP contribution in [0.5, 0.6) is 0 Å². The summed E-state index contributed by atoms with van der Waals surface area (Å²) in [7, 11) is -1.25. The molecule has 0 spiro atoms. The van der Waals surface area contributed by atoms with Crippen LogP contribution < -0.4 is 5.32 Å². The molecule has 0 aliphatic rings. The topological polar surface area (TPSA) is 88.5 Å². The fourth-order valence-corrected chi connectivity index (χ4v) is 4.25. The molecule has 2 N–H and O–H groups in total. The predicted molar refractivity (Wildman–Crippen MR) is 110 cm³/mol. The van der Waals surface area contributed by atoms with Crippen molar-refractivity contribution in [2.45, 2.75) is 30.9 Å². The Labute approximate surface area is 164 Å². The first kappa shape index (κ1) is 21.5. The number of esters is 1. The van der Waals surface area contributed by atoms with Crippen LogP contribution in [0.25, 0.3) is 0 Å². The third-order valence-corrected chi connectivity index (χ3v) is 6.82. The van der Waals surface area contributed by atoms with Crippen molar-refractivity contribution in [2.75, 3.05) is 24.5 Å². The van der Waals surface area contributed by atoms with Crippen molar-refractivity contribution in [1.29, 1.82) is 0 Å². The first-order chi connectivity index (χ1) is 12.8. The maximum atomic E-state index is 12.2. The molecular weight excluding hydrogens is 383 g/mol. The van der Waals surface area contributed by atoms with E-state index in [2.05, 4.69) is 10.3 Å². The van der Waals surface area contributed by atoms with Crippen LogP contribution >= 0.6 is 19.1 Å². The van der Waals surface area contributed by atoms with E-state index >= 15 is 0 Å². The highest BCUT2D eigenvalue weighted by Gasteiger charge is 2.15. The zero-order chi connectivity index (χ0) is 19.9. The van der Waals surface area contributed by atoms with Gasteiger partial charge in [-0.05, 0) is 41.3 Å². The molecule has 0 saturated heterocycles. The van der Waals surface area contributed by atoms with Gasteiger partial charge >= 0.3 is 5.97 Å². The normalized spacial score (nSPS) is 14.2. The van der Waals surface area contributed by atoms with E-state index in [1.54, 1.807) is 6.20 Å². The van der Waals surface area contributed by atoms with Crippen LogP contribution in [-0.2, 0) is 20.7 Å². The highest BCUT2D eigenvalue weighted by atomic mass is 32.2. The summed E-state index contributed by atoms with van der Waals surface area (Å²) in [4.78, 5) is 25.8. The van der Waals surface area contributed by atoms with E-state index in [1.165, 1.54) is 18.4 Å². The summed E-state index contributed by atoms with van der Waals surface area (Å²) in [6.45, 7) is 3.51. The Balaban J connectivity index is 1.89. The van der Waals surface area contributed by atoms with E-state index in [9.17, 15) is 14.3 Å². The minimum atomic E-state index is -3.09. The van der Waals surface area contributed by atoms with Crippen LogP contribution in [0.2, 0.25) is 0 Å². The fraction of sp³-hybridized carbons (Fsp3) is 0.368. The number of carbonyl (C=O) groups is 1. The highest BCUT2D eigenvalue weighted by Crippen LogP contribution is 2.41. The number of hydrogen-bond donors (Lipinski definition) is 2. The van der Waals surface area contributed by atoms with Crippen molar-refractivity contribution in [2.24, 2.45) is 0 Å². The van der Waals surface area contributed by atoms with E-state index in [1.807, 2.05) is 50.4 Å². The van der Waals surface area contributed by atoms with Gasteiger partial charge in [0.05, 0.1) is 16.9 Å². The third-order valence-electron chi connectivity index (χ3n) is 3.87. The summed E-state index contributed by atoms with van der Waals surface area (Å²) in [6, 6.07) is 11.4. The lowest BCUT2D eigenvalue weighted by atomic mass is 9.99. The van der Waals surface area contributed by atoms with Gasteiger partial charge in [0.2, 0.25) is 7.37 Å². The molecule has 0 amide bonds. The lowest BCUT2D eigenvalue weighted by molar-refractivity contribution is -0.145. The summed E-state index contributed by atoms with van der Waals surface area (Å²) in [5.74, 6) is -0.303. The van der Waals surface area contributed by atoms with Crippen LogP contribution in [0.1, 0.15) is 30.4 Å². The monoisotopic (exact) mass is 408 g/mol. The molecule has 146 valence electrons. The summed E-state index contributed by atoms with van der Waals surface area (Å²) < 4.78 is 16.8. The summed E-state index contributed by atoms with van der Waals surface area (Å²) in [5, 5.41) is 3.73. The van der Waals surface area contributed by atoms with Gasteiger partial charge in [0, 0.05) is 25.6 Å². The van der Waals surface area contributed by atoms with Gasteiger partial charge in [-0.25, -0.2) is 4.98 Å². The van der Waals surface area contributed by atoms with Crippen molar-refractivity contribution >= 4 is 30.8 Å². The maximum Gasteiger partial charge on any atom is 0.306 e. The number of ether oxygens (including phenoxy) is 1. The quantitative estimate of drug-likeness (QED) is 0.363. The smallest absolute Gasteiger partial charge is 0.306 e. The van der Waals surface area contributed by atoms with Gasteiger partial charge in [0.25, 0.3) is 0 Å². The fourth-order valence-electron chi connectivity index (χ4n) is 2.40. The third kappa shape index (κ3) is 7.75. The number of rotatable bonds is 9. The van der Waals surface area contributed by atoms with E-state index in [0.29, 0.717) is 5.03 Å². The maximum absolute atomic E-state index is 12.2. The number of pyridine rings is 1. The van der Waals surface area contributed by atoms with E-state index in [4.69, 9.17) is 4.74 Å².